The van der Waals surface area contributed by atoms with Crippen LogP contribution in [-0.4, -0.2) is 27.4 Å². The second-order valence-electron chi connectivity index (χ2n) is 6.17. The van der Waals surface area contributed by atoms with Crippen LogP contribution < -0.4 is 4.90 Å². The summed E-state index contributed by atoms with van der Waals surface area (Å²) in [4.78, 5) is 13.1. The molecule has 6 nitrogen and oxygen atoms in total. The lowest BCUT2D eigenvalue weighted by Gasteiger charge is -2.23. The van der Waals surface area contributed by atoms with E-state index in [0.29, 0.717) is 0 Å². The van der Waals surface area contributed by atoms with Gasteiger partial charge in [-0.2, -0.15) is 40.2 Å². The third-order valence-electron chi connectivity index (χ3n) is 4.14. The SMILES string of the molecule is Cc1ccccc1C(=O)N(c1ccno1)c1n[nH]c(C(F)(F)C(F)(F)F)c1C(F)(F)F. The molecule has 31 heavy (non-hydrogen) atoms. The van der Waals surface area contributed by atoms with Crippen molar-refractivity contribution in [1.82, 2.24) is 15.4 Å². The molecule has 14 heteroatoms. The maximum absolute atomic E-state index is 13.8. The van der Waals surface area contributed by atoms with Crippen LogP contribution >= 0.6 is 0 Å². The summed E-state index contributed by atoms with van der Waals surface area (Å²) >= 11 is 0. The molecule has 0 aliphatic heterocycles. The smallest absolute Gasteiger partial charge is 0.338 e. The van der Waals surface area contributed by atoms with Gasteiger partial charge in [-0.3, -0.25) is 9.89 Å². The van der Waals surface area contributed by atoms with Crippen LogP contribution in [0, 0.1) is 6.92 Å². The topological polar surface area (TPSA) is 75.0 Å². The summed E-state index contributed by atoms with van der Waals surface area (Å²) in [5, 5.41) is 7.32. The van der Waals surface area contributed by atoms with Crippen molar-refractivity contribution in [3.63, 3.8) is 0 Å². The lowest BCUT2D eigenvalue weighted by atomic mass is 10.1. The summed E-state index contributed by atoms with van der Waals surface area (Å²) in [5.41, 5.74) is -4.95. The average molecular weight is 454 g/mol. The average Bonchev–Trinajstić information content (AvgIpc) is 3.31. The van der Waals surface area contributed by atoms with E-state index in [9.17, 15) is 39.9 Å². The van der Waals surface area contributed by atoms with Crippen molar-refractivity contribution in [2.24, 2.45) is 0 Å². The standard InChI is InChI=1S/C17H10F8N4O2/c1-8-4-2-3-5-9(8)14(30)29(10-6-7-26-31-10)13-11(16(20,21)22)12(27-28-13)15(18,19)17(23,24)25/h2-7H,1H3,(H,27,28). The van der Waals surface area contributed by atoms with Gasteiger partial charge in [0.15, 0.2) is 5.82 Å². The molecule has 0 aliphatic carbocycles. The highest BCUT2D eigenvalue weighted by Gasteiger charge is 2.63. The molecule has 3 aromatic rings. The highest BCUT2D eigenvalue weighted by Crippen LogP contribution is 2.50. The van der Waals surface area contributed by atoms with Crippen LogP contribution in [0.25, 0.3) is 0 Å². The maximum atomic E-state index is 13.8. The van der Waals surface area contributed by atoms with Gasteiger partial charge >= 0.3 is 18.3 Å². The number of nitrogens with one attached hydrogen (secondary N) is 1. The Morgan fingerprint density at radius 1 is 1.03 bits per heavy atom. The number of aryl methyl sites for hydroxylation is 1. The molecule has 1 amide bonds. The van der Waals surface area contributed by atoms with Gasteiger partial charge in [-0.25, -0.2) is 4.90 Å². The summed E-state index contributed by atoms with van der Waals surface area (Å²) in [6.07, 6.45) is -11.2. The highest BCUT2D eigenvalue weighted by molar-refractivity contribution is 6.10. The first-order valence-corrected chi connectivity index (χ1v) is 8.18. The Balaban J connectivity index is 2.29. The fraction of sp³-hybridized carbons (Fsp3) is 0.235. The van der Waals surface area contributed by atoms with E-state index in [4.69, 9.17) is 0 Å². The first-order valence-electron chi connectivity index (χ1n) is 8.18. The van der Waals surface area contributed by atoms with Gasteiger partial charge in [-0.1, -0.05) is 23.4 Å². The lowest BCUT2D eigenvalue weighted by molar-refractivity contribution is -0.292. The van der Waals surface area contributed by atoms with E-state index in [1.807, 2.05) is 0 Å². The highest BCUT2D eigenvalue weighted by atomic mass is 19.4. The normalized spacial score (nSPS) is 12.8. The quantitative estimate of drug-likeness (QED) is 0.539. The van der Waals surface area contributed by atoms with E-state index in [2.05, 4.69) is 14.8 Å². The van der Waals surface area contributed by atoms with E-state index in [1.54, 1.807) is 0 Å². The molecule has 166 valence electrons. The van der Waals surface area contributed by atoms with E-state index in [-0.39, 0.29) is 16.0 Å². The minimum Gasteiger partial charge on any atom is -0.338 e. The lowest BCUT2D eigenvalue weighted by Crippen LogP contribution is -2.36. The zero-order chi connectivity index (χ0) is 23.2. The third-order valence-corrected chi connectivity index (χ3v) is 4.14. The molecular formula is C17H10F8N4O2. The molecule has 0 atom stereocenters. The molecule has 0 bridgehead atoms. The number of rotatable bonds is 4. The number of anilines is 2. The zero-order valence-electron chi connectivity index (χ0n) is 15.1. The van der Waals surface area contributed by atoms with Gasteiger partial charge in [-0.05, 0) is 18.6 Å². The summed E-state index contributed by atoms with van der Waals surface area (Å²) in [7, 11) is 0. The van der Waals surface area contributed by atoms with Crippen molar-refractivity contribution in [1.29, 1.82) is 0 Å². The van der Waals surface area contributed by atoms with Gasteiger partial charge in [0.1, 0.15) is 11.3 Å². The Morgan fingerprint density at radius 2 is 1.68 bits per heavy atom. The molecule has 0 saturated heterocycles. The molecule has 0 aliphatic rings. The van der Waals surface area contributed by atoms with Crippen LogP contribution in [0.3, 0.4) is 0 Å². The Kier molecular flexibility index (Phi) is 5.28. The number of aromatic amines is 1. The Bertz CT molecular complexity index is 1090. The number of benzene rings is 1. The van der Waals surface area contributed by atoms with Gasteiger partial charge in [0, 0.05) is 11.6 Å². The molecule has 2 aromatic heterocycles. The van der Waals surface area contributed by atoms with Crippen LogP contribution in [0.15, 0.2) is 41.1 Å². The van der Waals surface area contributed by atoms with Crippen molar-refractivity contribution in [2.45, 2.75) is 25.2 Å². The summed E-state index contributed by atoms with van der Waals surface area (Å²) in [5.74, 6) is -9.42. The molecule has 0 radical (unpaired) electrons. The first kappa shape index (κ1) is 22.2. The van der Waals surface area contributed by atoms with Gasteiger partial charge in [0.25, 0.3) is 5.91 Å². The van der Waals surface area contributed by atoms with Crippen molar-refractivity contribution in [3.8, 4) is 0 Å². The zero-order valence-corrected chi connectivity index (χ0v) is 15.1. The minimum atomic E-state index is -6.37. The predicted molar refractivity (Wildman–Crippen MR) is 87.7 cm³/mol. The third kappa shape index (κ3) is 3.84. The van der Waals surface area contributed by atoms with Crippen LogP contribution in [0.1, 0.15) is 27.2 Å². The fourth-order valence-corrected chi connectivity index (χ4v) is 2.69. The van der Waals surface area contributed by atoms with Crippen LogP contribution in [-0.2, 0) is 12.1 Å². The number of nitrogens with zero attached hydrogens (tertiary/aromatic N) is 3. The number of hydrogen-bond donors (Lipinski definition) is 1. The summed E-state index contributed by atoms with van der Waals surface area (Å²) in [6.45, 7) is 1.43. The molecule has 0 fully saturated rings. The number of halogens is 8. The van der Waals surface area contributed by atoms with E-state index in [1.165, 1.54) is 31.2 Å². The molecule has 0 saturated carbocycles. The maximum Gasteiger partial charge on any atom is 0.459 e. The van der Waals surface area contributed by atoms with E-state index >= 15 is 0 Å². The monoisotopic (exact) mass is 454 g/mol. The number of carbonyl (C=O) groups excluding carboxylic acids is 1. The number of H-pyrrole nitrogens is 1. The van der Waals surface area contributed by atoms with Crippen LogP contribution in [0.5, 0.6) is 0 Å². The molecule has 1 N–H and O–H groups in total. The van der Waals surface area contributed by atoms with E-state index < -0.39 is 47.1 Å². The first-order chi connectivity index (χ1) is 14.3. The summed E-state index contributed by atoms with van der Waals surface area (Å²) < 4.78 is 112. The Morgan fingerprint density at radius 3 is 2.19 bits per heavy atom. The number of amides is 1. The van der Waals surface area contributed by atoms with Gasteiger partial charge in [0.2, 0.25) is 5.88 Å². The van der Waals surface area contributed by atoms with Crippen molar-refractivity contribution in [2.75, 3.05) is 4.90 Å². The van der Waals surface area contributed by atoms with Crippen molar-refractivity contribution >= 4 is 17.6 Å². The number of carbonyl (C=O) groups is 1. The number of hydrogen-bond acceptors (Lipinski definition) is 4. The molecule has 0 unspecified atom stereocenters. The van der Waals surface area contributed by atoms with Crippen LogP contribution in [0.2, 0.25) is 0 Å². The van der Waals surface area contributed by atoms with Crippen molar-refractivity contribution in [3.05, 3.63) is 58.9 Å². The summed E-state index contributed by atoms with van der Waals surface area (Å²) in [6, 6.07) is 6.45. The van der Waals surface area contributed by atoms with Gasteiger partial charge in [0.05, 0.1) is 6.20 Å². The fourth-order valence-electron chi connectivity index (χ4n) is 2.69. The Hall–Kier alpha value is -3.45. The van der Waals surface area contributed by atoms with Gasteiger partial charge < -0.3 is 4.52 Å². The largest absolute Gasteiger partial charge is 0.459 e. The van der Waals surface area contributed by atoms with Gasteiger partial charge in [-0.15, -0.1) is 0 Å². The predicted octanol–water partition coefficient (Wildman–Crippen LogP) is 5.36. The molecule has 3 rings (SSSR count). The number of aromatic nitrogens is 3. The molecular weight excluding hydrogens is 444 g/mol. The minimum absolute atomic E-state index is 0.116. The second-order valence-corrected chi connectivity index (χ2v) is 6.17. The van der Waals surface area contributed by atoms with Crippen LogP contribution in [0.4, 0.5) is 46.8 Å². The Labute approximate surface area is 167 Å². The number of alkyl halides is 8. The molecule has 1 aromatic carbocycles. The van der Waals surface area contributed by atoms with E-state index in [0.717, 1.165) is 17.4 Å². The molecule has 0 spiro atoms. The second kappa shape index (κ2) is 7.35. The molecule has 2 heterocycles. The van der Waals surface area contributed by atoms with Crippen molar-refractivity contribution < 1.29 is 44.4 Å².